The van der Waals surface area contributed by atoms with Crippen molar-refractivity contribution in [1.29, 1.82) is 0 Å². The normalized spacial score (nSPS) is 10.1. The fourth-order valence-corrected chi connectivity index (χ4v) is 3.73. The molecule has 0 aliphatic heterocycles. The molecule has 0 heterocycles. The van der Waals surface area contributed by atoms with Gasteiger partial charge in [0.25, 0.3) is 0 Å². The number of hydrogen-bond donors (Lipinski definition) is 2. The molecule has 5 aromatic carbocycles. The van der Waals surface area contributed by atoms with Crippen LogP contribution in [0.25, 0.3) is 33.4 Å². The molecule has 168 valence electrons. The molecule has 0 atom stereocenters. The zero-order valence-corrected chi connectivity index (χ0v) is 19.2. The second-order valence-electron chi connectivity index (χ2n) is 7.88. The molecule has 5 rings (SSSR count). The second-order valence-corrected chi connectivity index (χ2v) is 7.88. The lowest BCUT2D eigenvalue weighted by Gasteiger charge is -2.10. The maximum atomic E-state index is 5.61. The molecular formula is C31H28N2O. The predicted molar refractivity (Wildman–Crippen MR) is 145 cm³/mol. The molecular weight excluding hydrogens is 416 g/mol. The molecule has 0 aromatic heterocycles. The van der Waals surface area contributed by atoms with Gasteiger partial charge in [-0.15, -0.1) is 0 Å². The van der Waals surface area contributed by atoms with Crippen LogP contribution in [0.5, 0.6) is 5.75 Å². The molecule has 0 unspecified atom stereocenters. The summed E-state index contributed by atoms with van der Waals surface area (Å²) >= 11 is 0. The van der Waals surface area contributed by atoms with Gasteiger partial charge in [-0.3, -0.25) is 0 Å². The number of methoxy groups -OCH3 is 1. The number of rotatable bonds is 4. The lowest BCUT2D eigenvalue weighted by molar-refractivity contribution is 0.415. The van der Waals surface area contributed by atoms with E-state index in [2.05, 4.69) is 60.7 Å². The molecule has 3 heteroatoms. The van der Waals surface area contributed by atoms with Crippen molar-refractivity contribution < 1.29 is 4.74 Å². The van der Waals surface area contributed by atoms with Crippen LogP contribution >= 0.6 is 0 Å². The quantitative estimate of drug-likeness (QED) is 0.281. The van der Waals surface area contributed by atoms with Crippen molar-refractivity contribution in [1.82, 2.24) is 0 Å². The molecule has 0 saturated carbocycles. The Hall–Kier alpha value is -4.50. The highest BCUT2D eigenvalue weighted by Crippen LogP contribution is 2.32. The van der Waals surface area contributed by atoms with Crippen LogP contribution in [0.15, 0.2) is 127 Å². The Morgan fingerprint density at radius 2 is 0.794 bits per heavy atom. The van der Waals surface area contributed by atoms with Gasteiger partial charge >= 0.3 is 0 Å². The molecule has 0 fully saturated rings. The lowest BCUT2D eigenvalue weighted by atomic mass is 9.95. The summed E-state index contributed by atoms with van der Waals surface area (Å²) in [4.78, 5) is 0. The van der Waals surface area contributed by atoms with E-state index in [-0.39, 0.29) is 0 Å². The zero-order valence-electron chi connectivity index (χ0n) is 19.2. The van der Waals surface area contributed by atoms with Crippen LogP contribution in [0, 0.1) is 0 Å². The van der Waals surface area contributed by atoms with Crippen LogP contribution in [0.2, 0.25) is 0 Å². The Bertz CT molecular complexity index is 1270. The minimum atomic E-state index is 0.782. The molecule has 34 heavy (non-hydrogen) atoms. The fourth-order valence-electron chi connectivity index (χ4n) is 3.73. The maximum absolute atomic E-state index is 5.61. The van der Waals surface area contributed by atoms with Gasteiger partial charge in [0.05, 0.1) is 7.11 Å². The van der Waals surface area contributed by atoms with Crippen LogP contribution in [-0.2, 0) is 0 Å². The largest absolute Gasteiger partial charge is 0.497 e. The van der Waals surface area contributed by atoms with E-state index in [9.17, 15) is 0 Å². The number of hydrogen-bond acceptors (Lipinski definition) is 3. The second kappa shape index (κ2) is 10.9. The van der Waals surface area contributed by atoms with Gasteiger partial charge < -0.3 is 16.2 Å². The van der Waals surface area contributed by atoms with Crippen molar-refractivity contribution in [2.75, 3.05) is 18.6 Å². The standard InChI is InChI=1S/C19H16O.C12H12N2/c1-20-17-13-11-16(12-14-17)19-10-6-5-9-18(19)15-7-3-2-4-8-15;13-11-5-1-9(2-6-11)10-3-7-12(14)8-4-10/h2-14H,1H3;1-8H,13-14H2. The Balaban J connectivity index is 0.000000172. The van der Waals surface area contributed by atoms with Crippen LogP contribution in [0.4, 0.5) is 11.4 Å². The Morgan fingerprint density at radius 1 is 0.412 bits per heavy atom. The van der Waals surface area contributed by atoms with Gasteiger partial charge in [0, 0.05) is 11.4 Å². The van der Waals surface area contributed by atoms with E-state index in [1.165, 1.54) is 22.3 Å². The number of nitrogen functional groups attached to an aromatic ring is 2. The van der Waals surface area contributed by atoms with Gasteiger partial charge in [-0.1, -0.05) is 91.0 Å². The molecule has 0 spiro atoms. The van der Waals surface area contributed by atoms with Crippen LogP contribution in [0.3, 0.4) is 0 Å². The van der Waals surface area contributed by atoms with E-state index in [0.717, 1.165) is 28.3 Å². The number of ether oxygens (including phenoxy) is 1. The SMILES string of the molecule is COc1ccc(-c2ccccc2-c2ccccc2)cc1.Nc1ccc(-c2ccc(N)cc2)cc1. The van der Waals surface area contributed by atoms with Crippen LogP contribution in [0.1, 0.15) is 0 Å². The lowest BCUT2D eigenvalue weighted by Crippen LogP contribution is -1.86. The van der Waals surface area contributed by atoms with Crippen molar-refractivity contribution >= 4 is 11.4 Å². The highest BCUT2D eigenvalue weighted by Gasteiger charge is 2.06. The van der Waals surface area contributed by atoms with E-state index < -0.39 is 0 Å². The maximum Gasteiger partial charge on any atom is 0.118 e. The molecule has 0 aliphatic rings. The van der Waals surface area contributed by atoms with Crippen molar-refractivity contribution in [2.24, 2.45) is 0 Å². The third kappa shape index (κ3) is 5.64. The molecule has 4 N–H and O–H groups in total. The van der Waals surface area contributed by atoms with Gasteiger partial charge in [-0.05, 0) is 69.8 Å². The third-order valence-corrected chi connectivity index (χ3v) is 5.57. The molecule has 0 aliphatic carbocycles. The minimum Gasteiger partial charge on any atom is -0.497 e. The molecule has 0 amide bonds. The zero-order chi connectivity index (χ0) is 23.8. The minimum absolute atomic E-state index is 0.782. The van der Waals surface area contributed by atoms with Crippen molar-refractivity contribution in [3.63, 3.8) is 0 Å². The topological polar surface area (TPSA) is 61.3 Å². The first-order valence-corrected chi connectivity index (χ1v) is 11.1. The monoisotopic (exact) mass is 444 g/mol. The van der Waals surface area contributed by atoms with Gasteiger partial charge in [0.1, 0.15) is 5.75 Å². The van der Waals surface area contributed by atoms with E-state index >= 15 is 0 Å². The van der Waals surface area contributed by atoms with E-state index in [4.69, 9.17) is 16.2 Å². The number of nitrogens with two attached hydrogens (primary N) is 2. The summed E-state index contributed by atoms with van der Waals surface area (Å²) < 4.78 is 5.22. The first-order valence-electron chi connectivity index (χ1n) is 11.1. The Kier molecular flexibility index (Phi) is 7.26. The number of benzene rings is 5. The van der Waals surface area contributed by atoms with E-state index in [1.54, 1.807) is 7.11 Å². The van der Waals surface area contributed by atoms with Crippen LogP contribution < -0.4 is 16.2 Å². The van der Waals surface area contributed by atoms with E-state index in [0.29, 0.717) is 0 Å². The molecule has 5 aromatic rings. The summed E-state index contributed by atoms with van der Waals surface area (Å²) in [5, 5.41) is 0. The molecule has 0 radical (unpaired) electrons. The molecule has 0 saturated heterocycles. The average molecular weight is 445 g/mol. The Labute approximate surface area is 201 Å². The first kappa shape index (κ1) is 22.7. The van der Waals surface area contributed by atoms with Gasteiger partial charge in [0.2, 0.25) is 0 Å². The summed E-state index contributed by atoms with van der Waals surface area (Å²) in [6.07, 6.45) is 0. The average Bonchev–Trinajstić information content (AvgIpc) is 2.91. The van der Waals surface area contributed by atoms with Crippen molar-refractivity contribution in [2.45, 2.75) is 0 Å². The highest BCUT2D eigenvalue weighted by molar-refractivity contribution is 5.83. The summed E-state index contributed by atoms with van der Waals surface area (Å²) in [6.45, 7) is 0. The predicted octanol–water partition coefficient (Wildman–Crippen LogP) is 7.55. The summed E-state index contributed by atoms with van der Waals surface area (Å²) in [6, 6.07) is 42.7. The van der Waals surface area contributed by atoms with Crippen LogP contribution in [-0.4, -0.2) is 7.11 Å². The number of anilines is 2. The van der Waals surface area contributed by atoms with Crippen molar-refractivity contribution in [3.05, 3.63) is 127 Å². The smallest absolute Gasteiger partial charge is 0.118 e. The van der Waals surface area contributed by atoms with Gasteiger partial charge in [0.15, 0.2) is 0 Å². The summed E-state index contributed by atoms with van der Waals surface area (Å²) in [5.74, 6) is 0.881. The third-order valence-electron chi connectivity index (χ3n) is 5.57. The van der Waals surface area contributed by atoms with Gasteiger partial charge in [-0.25, -0.2) is 0 Å². The first-order chi connectivity index (χ1) is 16.6. The summed E-state index contributed by atoms with van der Waals surface area (Å²) in [7, 11) is 1.69. The molecule has 3 nitrogen and oxygen atoms in total. The highest BCUT2D eigenvalue weighted by atomic mass is 16.5. The van der Waals surface area contributed by atoms with Gasteiger partial charge in [-0.2, -0.15) is 0 Å². The fraction of sp³-hybridized carbons (Fsp3) is 0.0323. The Morgan fingerprint density at radius 3 is 1.24 bits per heavy atom. The van der Waals surface area contributed by atoms with E-state index in [1.807, 2.05) is 66.7 Å². The summed E-state index contributed by atoms with van der Waals surface area (Å²) in [5.41, 5.74) is 20.0. The molecule has 0 bridgehead atoms. The van der Waals surface area contributed by atoms with Crippen molar-refractivity contribution in [3.8, 4) is 39.1 Å².